The Morgan fingerprint density at radius 1 is 1.00 bits per heavy atom. The highest BCUT2D eigenvalue weighted by atomic mass is 35.5. The van der Waals surface area contributed by atoms with Crippen LogP contribution in [-0.2, 0) is 12.3 Å². The molecule has 4 rings (SSSR count). The lowest BCUT2D eigenvalue weighted by Gasteiger charge is -2.14. The van der Waals surface area contributed by atoms with Crippen LogP contribution in [0.1, 0.15) is 22.5 Å². The van der Waals surface area contributed by atoms with Gasteiger partial charge in [0, 0.05) is 21.5 Å². The summed E-state index contributed by atoms with van der Waals surface area (Å²) in [5, 5.41) is 16.0. The number of carbonyl (C=O) groups excluding carboxylic acids is 1. The van der Waals surface area contributed by atoms with Gasteiger partial charge in [-0.25, -0.2) is 9.18 Å². The zero-order chi connectivity index (χ0) is 24.9. The lowest BCUT2D eigenvalue weighted by atomic mass is 10.2. The highest BCUT2D eigenvalue weighted by Gasteiger charge is 2.17. The maximum absolute atomic E-state index is 13.3. The molecule has 10 heteroatoms. The number of carbonyl (C=O) groups is 1. The van der Waals surface area contributed by atoms with E-state index in [1.807, 2.05) is 42.7 Å². The summed E-state index contributed by atoms with van der Waals surface area (Å²) in [6.07, 6.45) is 0. The summed E-state index contributed by atoms with van der Waals surface area (Å²) < 4.78 is 15.1. The Labute approximate surface area is 216 Å². The van der Waals surface area contributed by atoms with Gasteiger partial charge >= 0.3 is 6.03 Å². The number of hydrogen-bond donors (Lipinski definition) is 2. The zero-order valence-electron chi connectivity index (χ0n) is 19.0. The predicted molar refractivity (Wildman–Crippen MR) is 139 cm³/mol. The average molecular weight is 530 g/mol. The smallest absolute Gasteiger partial charge is 0.319 e. The van der Waals surface area contributed by atoms with Crippen molar-refractivity contribution in [2.24, 2.45) is 0 Å². The minimum atomic E-state index is -0.400. The number of thioether (sulfide) groups is 1. The fraction of sp³-hybridized carbons (Fsp3) is 0.160. The summed E-state index contributed by atoms with van der Waals surface area (Å²) in [7, 11) is 0. The van der Waals surface area contributed by atoms with Crippen LogP contribution < -0.4 is 10.6 Å². The maximum Gasteiger partial charge on any atom is 0.319 e. The Hall–Kier alpha value is -3.07. The highest BCUT2D eigenvalue weighted by molar-refractivity contribution is 7.98. The Morgan fingerprint density at radius 3 is 2.49 bits per heavy atom. The molecule has 6 nitrogen and oxygen atoms in total. The van der Waals surface area contributed by atoms with E-state index in [-0.39, 0.29) is 12.4 Å². The topological polar surface area (TPSA) is 71.8 Å². The second kappa shape index (κ2) is 11.1. The Bertz CT molecular complexity index is 1360. The molecule has 2 amide bonds. The molecule has 0 bridgehead atoms. The molecule has 0 aliphatic carbocycles. The van der Waals surface area contributed by atoms with Gasteiger partial charge in [0.1, 0.15) is 5.82 Å². The summed E-state index contributed by atoms with van der Waals surface area (Å²) in [4.78, 5) is 12.5. The van der Waals surface area contributed by atoms with Gasteiger partial charge < -0.3 is 10.6 Å². The van der Waals surface area contributed by atoms with Gasteiger partial charge in [-0.2, -0.15) is 0 Å². The number of anilines is 1. The molecule has 0 unspecified atom stereocenters. The van der Waals surface area contributed by atoms with E-state index in [1.165, 1.54) is 23.9 Å². The molecule has 0 aliphatic heterocycles. The summed E-state index contributed by atoms with van der Waals surface area (Å²) in [5.74, 6) is 0.824. The molecule has 0 radical (unpaired) electrons. The molecule has 0 saturated carbocycles. The normalized spacial score (nSPS) is 10.9. The first-order chi connectivity index (χ1) is 16.8. The Morgan fingerprint density at radius 2 is 1.74 bits per heavy atom. The van der Waals surface area contributed by atoms with Crippen LogP contribution in [0.3, 0.4) is 0 Å². The van der Waals surface area contributed by atoms with Crippen molar-refractivity contribution >= 4 is 46.7 Å². The molecular formula is C25H22Cl2FN5OS. The molecular weight excluding hydrogens is 508 g/mol. The van der Waals surface area contributed by atoms with Crippen molar-refractivity contribution in [1.82, 2.24) is 20.1 Å². The third kappa shape index (κ3) is 6.33. The minimum absolute atomic E-state index is 0.126. The van der Waals surface area contributed by atoms with Crippen LogP contribution in [0, 0.1) is 19.7 Å². The fourth-order valence-corrected chi connectivity index (χ4v) is 4.57. The van der Waals surface area contributed by atoms with E-state index in [4.69, 9.17) is 23.2 Å². The summed E-state index contributed by atoms with van der Waals surface area (Å²) in [6.45, 7) is 3.98. The van der Waals surface area contributed by atoms with E-state index in [2.05, 4.69) is 20.8 Å². The Kier molecular flexibility index (Phi) is 7.95. The molecule has 1 heterocycles. The number of urea groups is 1. The molecule has 0 saturated heterocycles. The predicted octanol–water partition coefficient (Wildman–Crippen LogP) is 6.94. The number of nitrogens with one attached hydrogen (secondary N) is 2. The third-order valence-electron chi connectivity index (χ3n) is 5.23. The van der Waals surface area contributed by atoms with Crippen LogP contribution in [0.4, 0.5) is 14.9 Å². The van der Waals surface area contributed by atoms with Gasteiger partial charge in [-0.05, 0) is 66.9 Å². The largest absolute Gasteiger partial charge is 0.331 e. The van der Waals surface area contributed by atoms with Crippen molar-refractivity contribution in [2.45, 2.75) is 31.3 Å². The number of amides is 2. The lowest BCUT2D eigenvalue weighted by Crippen LogP contribution is -2.29. The minimum Gasteiger partial charge on any atom is -0.331 e. The molecule has 1 aromatic heterocycles. The third-order valence-corrected chi connectivity index (χ3v) is 6.87. The van der Waals surface area contributed by atoms with E-state index in [0.717, 1.165) is 22.4 Å². The van der Waals surface area contributed by atoms with Crippen molar-refractivity contribution in [2.75, 3.05) is 5.32 Å². The number of benzene rings is 3. The number of nitrogens with zero attached hydrogens (tertiary/aromatic N) is 3. The second-order valence-corrected chi connectivity index (χ2v) is 9.64. The monoisotopic (exact) mass is 529 g/mol. The van der Waals surface area contributed by atoms with Crippen molar-refractivity contribution in [3.63, 3.8) is 0 Å². The summed E-state index contributed by atoms with van der Waals surface area (Å²) in [6, 6.07) is 16.8. The van der Waals surface area contributed by atoms with E-state index in [0.29, 0.717) is 32.5 Å². The molecule has 3 aromatic carbocycles. The van der Waals surface area contributed by atoms with Gasteiger partial charge in [-0.3, -0.25) is 4.57 Å². The molecule has 2 N–H and O–H groups in total. The van der Waals surface area contributed by atoms with E-state index in [1.54, 1.807) is 24.3 Å². The van der Waals surface area contributed by atoms with Gasteiger partial charge in [-0.1, -0.05) is 59.2 Å². The molecule has 4 aromatic rings. The van der Waals surface area contributed by atoms with Gasteiger partial charge in [0.25, 0.3) is 0 Å². The van der Waals surface area contributed by atoms with Crippen LogP contribution in [0.2, 0.25) is 10.0 Å². The number of halogens is 3. The van der Waals surface area contributed by atoms with Crippen LogP contribution in [0.15, 0.2) is 65.8 Å². The number of aromatic nitrogens is 3. The van der Waals surface area contributed by atoms with Crippen LogP contribution in [0.25, 0.3) is 5.69 Å². The van der Waals surface area contributed by atoms with Crippen LogP contribution in [0.5, 0.6) is 0 Å². The maximum atomic E-state index is 13.3. The molecule has 0 fully saturated rings. The zero-order valence-corrected chi connectivity index (χ0v) is 21.3. The summed E-state index contributed by atoms with van der Waals surface area (Å²) >= 11 is 13.9. The fourth-order valence-electron chi connectivity index (χ4n) is 3.31. The lowest BCUT2D eigenvalue weighted by molar-refractivity contribution is 0.251. The SMILES string of the molecule is Cc1ccc(NC(=O)NCc2nnc(SCc3ccc(F)cc3)n2-c2cc(Cl)ccc2C)cc1Cl. The molecule has 35 heavy (non-hydrogen) atoms. The van der Waals surface area contributed by atoms with Crippen LogP contribution in [-0.4, -0.2) is 20.8 Å². The number of hydrogen-bond acceptors (Lipinski definition) is 4. The second-order valence-electron chi connectivity index (χ2n) is 7.85. The van der Waals surface area contributed by atoms with E-state index < -0.39 is 6.03 Å². The van der Waals surface area contributed by atoms with Crippen molar-refractivity contribution in [3.05, 3.63) is 99.0 Å². The van der Waals surface area contributed by atoms with Crippen molar-refractivity contribution in [3.8, 4) is 5.69 Å². The molecule has 0 atom stereocenters. The Balaban J connectivity index is 1.55. The van der Waals surface area contributed by atoms with Gasteiger partial charge in [0.05, 0.1) is 12.2 Å². The highest BCUT2D eigenvalue weighted by Crippen LogP contribution is 2.28. The van der Waals surface area contributed by atoms with Crippen molar-refractivity contribution < 1.29 is 9.18 Å². The van der Waals surface area contributed by atoms with E-state index >= 15 is 0 Å². The van der Waals surface area contributed by atoms with E-state index in [9.17, 15) is 9.18 Å². The van der Waals surface area contributed by atoms with Gasteiger partial charge in [0.15, 0.2) is 11.0 Å². The first-order valence-electron chi connectivity index (χ1n) is 10.7. The molecule has 0 aliphatic rings. The molecule has 0 spiro atoms. The van der Waals surface area contributed by atoms with Gasteiger partial charge in [-0.15, -0.1) is 10.2 Å². The number of aryl methyl sites for hydroxylation is 2. The quantitative estimate of drug-likeness (QED) is 0.254. The average Bonchev–Trinajstić information content (AvgIpc) is 3.24. The standard InChI is InChI=1S/C25H22Cl2FN5OS/c1-15-4-10-20(12-21(15)27)30-24(34)29-13-23-31-32-25(35-14-17-5-8-19(28)9-6-17)33(23)22-11-18(26)7-3-16(22)2/h3-12H,13-14H2,1-2H3,(H2,29,30,34). The van der Waals surface area contributed by atoms with Crippen LogP contribution >= 0.6 is 35.0 Å². The first kappa shape index (κ1) is 25.0. The molecule has 180 valence electrons. The summed E-state index contributed by atoms with van der Waals surface area (Å²) in [5.41, 5.74) is 4.24. The van der Waals surface area contributed by atoms with Crippen molar-refractivity contribution in [1.29, 1.82) is 0 Å². The first-order valence-corrected chi connectivity index (χ1v) is 12.4. The van der Waals surface area contributed by atoms with Gasteiger partial charge in [0.2, 0.25) is 0 Å². The number of rotatable bonds is 7.